The molecule has 5 heteroatoms. The average Bonchev–Trinajstić information content (AvgIpc) is 2.94. The molecule has 5 nitrogen and oxygen atoms in total. The van der Waals surface area contributed by atoms with Gasteiger partial charge in [-0.25, -0.2) is 0 Å². The molecule has 0 radical (unpaired) electrons. The van der Waals surface area contributed by atoms with Crippen LogP contribution in [-0.2, 0) is 6.54 Å². The van der Waals surface area contributed by atoms with Gasteiger partial charge in [0.05, 0.1) is 6.10 Å². The van der Waals surface area contributed by atoms with E-state index in [0.717, 1.165) is 44.1 Å². The fraction of sp³-hybridized carbons (Fsp3) is 0.714. The first-order valence-corrected chi connectivity index (χ1v) is 10.0. The molecule has 1 saturated carbocycles. The SMILES string of the molecule is Cc1ccn(CCC(C)C)c(=O)c1C(=O)N1CCC[C@@]2(CCC[C@H]2O)C1. The van der Waals surface area contributed by atoms with E-state index in [2.05, 4.69) is 13.8 Å². The van der Waals surface area contributed by atoms with E-state index in [1.807, 2.05) is 17.9 Å². The summed E-state index contributed by atoms with van der Waals surface area (Å²) in [7, 11) is 0. The summed E-state index contributed by atoms with van der Waals surface area (Å²) in [5.41, 5.74) is 0.711. The lowest BCUT2D eigenvalue weighted by Crippen LogP contribution is -2.50. The lowest BCUT2D eigenvalue weighted by Gasteiger charge is -2.42. The van der Waals surface area contributed by atoms with Crippen molar-refractivity contribution >= 4 is 5.91 Å². The molecule has 2 aliphatic rings. The molecule has 2 fully saturated rings. The monoisotopic (exact) mass is 360 g/mol. The van der Waals surface area contributed by atoms with Crippen molar-refractivity contribution in [1.82, 2.24) is 9.47 Å². The highest BCUT2D eigenvalue weighted by atomic mass is 16.3. The van der Waals surface area contributed by atoms with Gasteiger partial charge in [-0.15, -0.1) is 0 Å². The molecular formula is C21H32N2O3. The molecule has 1 amide bonds. The Morgan fingerprint density at radius 2 is 2.08 bits per heavy atom. The molecule has 144 valence electrons. The van der Waals surface area contributed by atoms with Crippen LogP contribution in [0.5, 0.6) is 0 Å². The molecule has 0 unspecified atom stereocenters. The van der Waals surface area contributed by atoms with Gasteiger partial charge in [0.15, 0.2) is 0 Å². The second kappa shape index (κ2) is 7.55. The minimum atomic E-state index is -0.322. The summed E-state index contributed by atoms with van der Waals surface area (Å²) >= 11 is 0. The van der Waals surface area contributed by atoms with Gasteiger partial charge in [0, 0.05) is 31.2 Å². The Morgan fingerprint density at radius 1 is 1.35 bits per heavy atom. The van der Waals surface area contributed by atoms with Crippen LogP contribution in [0.15, 0.2) is 17.1 Å². The van der Waals surface area contributed by atoms with Crippen molar-refractivity contribution in [3.05, 3.63) is 33.7 Å². The van der Waals surface area contributed by atoms with Crippen molar-refractivity contribution < 1.29 is 9.90 Å². The van der Waals surface area contributed by atoms with Gasteiger partial charge >= 0.3 is 0 Å². The van der Waals surface area contributed by atoms with Crippen molar-refractivity contribution in [1.29, 1.82) is 0 Å². The van der Waals surface area contributed by atoms with E-state index in [1.54, 1.807) is 10.8 Å². The maximum atomic E-state index is 13.2. The second-order valence-corrected chi connectivity index (χ2v) is 8.66. The van der Waals surface area contributed by atoms with E-state index in [9.17, 15) is 14.7 Å². The highest BCUT2D eigenvalue weighted by molar-refractivity contribution is 5.95. The smallest absolute Gasteiger partial charge is 0.263 e. The van der Waals surface area contributed by atoms with E-state index in [0.29, 0.717) is 31.1 Å². The van der Waals surface area contributed by atoms with Crippen LogP contribution < -0.4 is 5.56 Å². The molecule has 1 aliphatic heterocycles. The maximum absolute atomic E-state index is 13.2. The lowest BCUT2D eigenvalue weighted by molar-refractivity contribution is -0.00546. The Morgan fingerprint density at radius 3 is 2.73 bits per heavy atom. The molecule has 1 aliphatic carbocycles. The predicted molar refractivity (Wildman–Crippen MR) is 102 cm³/mol. The molecule has 3 rings (SSSR count). The summed E-state index contributed by atoms with van der Waals surface area (Å²) in [5.74, 6) is 0.345. The number of nitrogens with zero attached hydrogens (tertiary/aromatic N) is 2. The number of carbonyl (C=O) groups is 1. The quantitative estimate of drug-likeness (QED) is 0.898. The molecule has 1 spiro atoms. The molecule has 1 aromatic rings. The number of aromatic nitrogens is 1. The van der Waals surface area contributed by atoms with Crippen LogP contribution in [0.4, 0.5) is 0 Å². The van der Waals surface area contributed by atoms with Crippen LogP contribution in [0.2, 0.25) is 0 Å². The first kappa shape index (κ1) is 19.2. The highest BCUT2D eigenvalue weighted by Gasteiger charge is 2.46. The minimum Gasteiger partial charge on any atom is -0.392 e. The number of likely N-dealkylation sites (tertiary alicyclic amines) is 1. The number of rotatable bonds is 4. The standard InChI is InChI=1S/C21H32N2O3/c1-15(2)7-12-22-13-8-16(3)18(19(22)25)20(26)23-11-5-10-21(14-23)9-4-6-17(21)24/h8,13,15,17,24H,4-7,9-12,14H2,1-3H3/t17-,21+/m1/s1. The Bertz CT molecular complexity index is 724. The van der Waals surface area contributed by atoms with Crippen molar-refractivity contribution in [2.24, 2.45) is 11.3 Å². The Hall–Kier alpha value is -1.62. The number of aliphatic hydroxyl groups excluding tert-OH is 1. The van der Waals surface area contributed by atoms with Crippen LogP contribution in [0, 0.1) is 18.3 Å². The Balaban J connectivity index is 1.85. The maximum Gasteiger partial charge on any atom is 0.263 e. The number of carbonyl (C=O) groups excluding carboxylic acids is 1. The molecular weight excluding hydrogens is 328 g/mol. The third-order valence-electron chi connectivity index (χ3n) is 6.29. The third kappa shape index (κ3) is 3.59. The zero-order chi connectivity index (χ0) is 18.9. The lowest BCUT2D eigenvalue weighted by atomic mass is 9.76. The van der Waals surface area contributed by atoms with Gasteiger partial charge < -0.3 is 14.6 Å². The molecule has 0 aromatic carbocycles. The molecule has 1 saturated heterocycles. The average molecular weight is 360 g/mol. The number of amides is 1. The first-order chi connectivity index (χ1) is 12.3. The van der Waals surface area contributed by atoms with E-state index in [1.165, 1.54) is 0 Å². The van der Waals surface area contributed by atoms with E-state index in [4.69, 9.17) is 0 Å². The number of aliphatic hydroxyl groups is 1. The summed E-state index contributed by atoms with van der Waals surface area (Å²) in [6.07, 6.45) is 7.09. The zero-order valence-electron chi connectivity index (χ0n) is 16.3. The Kier molecular flexibility index (Phi) is 5.56. The van der Waals surface area contributed by atoms with Crippen molar-refractivity contribution in [2.45, 2.75) is 71.9 Å². The minimum absolute atomic E-state index is 0.159. The number of piperidine rings is 1. The molecule has 1 aromatic heterocycles. The molecule has 26 heavy (non-hydrogen) atoms. The topological polar surface area (TPSA) is 62.5 Å². The Labute approximate surface area is 156 Å². The first-order valence-electron chi connectivity index (χ1n) is 10.0. The molecule has 2 atom stereocenters. The number of hydrogen-bond donors (Lipinski definition) is 1. The third-order valence-corrected chi connectivity index (χ3v) is 6.29. The van der Waals surface area contributed by atoms with Gasteiger partial charge in [-0.3, -0.25) is 9.59 Å². The summed E-state index contributed by atoms with van der Waals surface area (Å²) in [6, 6.07) is 1.87. The second-order valence-electron chi connectivity index (χ2n) is 8.66. The molecule has 2 heterocycles. The normalized spacial score (nSPS) is 26.0. The van der Waals surface area contributed by atoms with Crippen LogP contribution >= 0.6 is 0 Å². The predicted octanol–water partition coefficient (Wildman–Crippen LogP) is 2.97. The van der Waals surface area contributed by atoms with Crippen LogP contribution in [0.1, 0.15) is 68.3 Å². The van der Waals surface area contributed by atoms with Gasteiger partial charge in [-0.1, -0.05) is 20.3 Å². The van der Waals surface area contributed by atoms with Gasteiger partial charge in [0.25, 0.3) is 11.5 Å². The van der Waals surface area contributed by atoms with Gasteiger partial charge in [-0.2, -0.15) is 0 Å². The summed E-state index contributed by atoms with van der Waals surface area (Å²) in [4.78, 5) is 28.0. The van der Waals surface area contributed by atoms with Crippen LogP contribution in [0.25, 0.3) is 0 Å². The van der Waals surface area contributed by atoms with E-state index < -0.39 is 0 Å². The van der Waals surface area contributed by atoms with Gasteiger partial charge in [0.2, 0.25) is 0 Å². The molecule has 0 bridgehead atoms. The number of pyridine rings is 1. The van der Waals surface area contributed by atoms with Crippen molar-refractivity contribution in [3.8, 4) is 0 Å². The fourth-order valence-corrected chi connectivity index (χ4v) is 4.59. The summed E-state index contributed by atoms with van der Waals surface area (Å²) in [6.45, 7) is 7.99. The van der Waals surface area contributed by atoms with Crippen LogP contribution in [0.3, 0.4) is 0 Å². The van der Waals surface area contributed by atoms with Crippen LogP contribution in [-0.4, -0.2) is 39.7 Å². The summed E-state index contributed by atoms with van der Waals surface area (Å²) < 4.78 is 1.67. The number of aryl methyl sites for hydroxylation is 2. The van der Waals surface area contributed by atoms with E-state index in [-0.39, 0.29) is 23.0 Å². The number of hydrogen-bond acceptors (Lipinski definition) is 3. The fourth-order valence-electron chi connectivity index (χ4n) is 4.59. The largest absolute Gasteiger partial charge is 0.392 e. The van der Waals surface area contributed by atoms with Gasteiger partial charge in [0.1, 0.15) is 5.56 Å². The highest BCUT2D eigenvalue weighted by Crippen LogP contribution is 2.45. The molecule has 1 N–H and O–H groups in total. The summed E-state index contributed by atoms with van der Waals surface area (Å²) in [5, 5.41) is 10.4. The van der Waals surface area contributed by atoms with Crippen molar-refractivity contribution in [3.63, 3.8) is 0 Å². The zero-order valence-corrected chi connectivity index (χ0v) is 16.3. The van der Waals surface area contributed by atoms with E-state index >= 15 is 0 Å². The van der Waals surface area contributed by atoms with Gasteiger partial charge in [-0.05, 0) is 56.6 Å². The van der Waals surface area contributed by atoms with Crippen molar-refractivity contribution in [2.75, 3.05) is 13.1 Å².